The van der Waals surface area contributed by atoms with Crippen LogP contribution in [0.1, 0.15) is 17.5 Å². The van der Waals surface area contributed by atoms with Crippen molar-refractivity contribution >= 4 is 53.0 Å². The molecule has 0 fully saturated rings. The Bertz CT molecular complexity index is 780. The van der Waals surface area contributed by atoms with E-state index in [2.05, 4.69) is 15.2 Å². The number of hydrogen-bond acceptors (Lipinski definition) is 4. The Kier molecular flexibility index (Phi) is 8.35. The number of nitrogens with one attached hydrogen (secondary N) is 2. The maximum Gasteiger partial charge on any atom is 0.253 e. The lowest BCUT2D eigenvalue weighted by molar-refractivity contribution is 0.346. The molecule has 1 aromatic carbocycles. The van der Waals surface area contributed by atoms with Crippen molar-refractivity contribution in [2.75, 3.05) is 38.4 Å². The van der Waals surface area contributed by atoms with E-state index in [1.807, 2.05) is 19.2 Å². The molecule has 0 unspecified atom stereocenters. The van der Waals surface area contributed by atoms with Crippen LogP contribution in [0.2, 0.25) is 0 Å². The van der Waals surface area contributed by atoms with Crippen molar-refractivity contribution in [2.24, 2.45) is 0 Å². The van der Waals surface area contributed by atoms with Crippen LogP contribution in [0.25, 0.3) is 10.9 Å². The molecule has 0 saturated heterocycles. The Balaban J connectivity index is 0.00000156. The molecule has 2 N–H and O–H groups in total. The summed E-state index contributed by atoms with van der Waals surface area (Å²) in [4.78, 5) is 17.5. The van der Waals surface area contributed by atoms with Crippen molar-refractivity contribution in [1.82, 2.24) is 9.88 Å². The van der Waals surface area contributed by atoms with Crippen LogP contribution in [0.5, 0.6) is 5.75 Å². The lowest BCUT2D eigenvalue weighted by Crippen LogP contribution is -2.23. The van der Waals surface area contributed by atoms with Gasteiger partial charge in [-0.15, -0.1) is 36.4 Å². The summed E-state index contributed by atoms with van der Waals surface area (Å²) in [5.74, 6) is 1.38. The predicted octanol–water partition coefficient (Wildman–Crippen LogP) is 3.41. The second-order valence-electron chi connectivity index (χ2n) is 5.99. The Labute approximate surface area is 164 Å². The molecule has 0 saturated carbocycles. The van der Waals surface area contributed by atoms with Gasteiger partial charge in [0.1, 0.15) is 5.75 Å². The maximum atomic E-state index is 12.3. The number of aromatic amines is 1. The highest BCUT2D eigenvalue weighted by Crippen LogP contribution is 2.35. The van der Waals surface area contributed by atoms with E-state index < -0.39 is 0 Å². The molecule has 1 aromatic heterocycles. The largest absolute Gasteiger partial charge is 0.496 e. The lowest BCUT2D eigenvalue weighted by Gasteiger charge is -2.22. The van der Waals surface area contributed by atoms with Gasteiger partial charge in [-0.25, -0.2) is 0 Å². The Morgan fingerprint density at radius 3 is 2.76 bits per heavy atom. The van der Waals surface area contributed by atoms with Gasteiger partial charge >= 0.3 is 0 Å². The third-order valence-corrected chi connectivity index (χ3v) is 4.45. The number of ether oxygens (including phenoxy) is 1. The molecule has 0 radical (unpaired) electrons. The fraction of sp³-hybridized carbons (Fsp3) is 0.471. The number of benzene rings is 1. The SMILES string of the molecule is COc1cc(CN(C)CCCl)cc2[nH]c(=O)c3c(c12)NCCC3.Cl.Cl. The van der Waals surface area contributed by atoms with Crippen LogP contribution in [0.4, 0.5) is 5.69 Å². The molecule has 0 spiro atoms. The number of nitrogens with zero attached hydrogens (tertiary/aromatic N) is 1. The van der Waals surface area contributed by atoms with E-state index >= 15 is 0 Å². The van der Waals surface area contributed by atoms with Gasteiger partial charge < -0.3 is 19.9 Å². The first kappa shape index (κ1) is 21.9. The van der Waals surface area contributed by atoms with Gasteiger partial charge in [-0.3, -0.25) is 4.79 Å². The van der Waals surface area contributed by atoms with Gasteiger partial charge in [0, 0.05) is 31.1 Å². The molecule has 2 heterocycles. The number of methoxy groups -OCH3 is 1. The van der Waals surface area contributed by atoms with Crippen molar-refractivity contribution in [2.45, 2.75) is 19.4 Å². The lowest BCUT2D eigenvalue weighted by atomic mass is 9.99. The van der Waals surface area contributed by atoms with Gasteiger partial charge in [0.15, 0.2) is 0 Å². The van der Waals surface area contributed by atoms with Crippen LogP contribution in [-0.2, 0) is 13.0 Å². The summed E-state index contributed by atoms with van der Waals surface area (Å²) in [5, 5.41) is 4.34. The Hall–Kier alpha value is -1.14. The summed E-state index contributed by atoms with van der Waals surface area (Å²) in [6.45, 7) is 2.45. The van der Waals surface area contributed by atoms with Crippen LogP contribution in [0.3, 0.4) is 0 Å². The number of fused-ring (bicyclic) bond motifs is 3. The Morgan fingerprint density at radius 2 is 2.08 bits per heavy atom. The molecular formula is C17H24Cl3N3O2. The predicted molar refractivity (Wildman–Crippen MR) is 109 cm³/mol. The molecule has 0 aliphatic carbocycles. The zero-order valence-corrected chi connectivity index (χ0v) is 16.7. The number of H-pyrrole nitrogens is 1. The van der Waals surface area contributed by atoms with Crippen molar-refractivity contribution in [3.05, 3.63) is 33.6 Å². The third kappa shape index (κ3) is 4.53. The van der Waals surface area contributed by atoms with Gasteiger partial charge in [0.05, 0.1) is 23.7 Å². The molecule has 0 bridgehead atoms. The molecule has 1 aliphatic rings. The minimum Gasteiger partial charge on any atom is -0.496 e. The first-order valence-electron chi connectivity index (χ1n) is 7.88. The summed E-state index contributed by atoms with van der Waals surface area (Å²) < 4.78 is 5.61. The number of rotatable bonds is 5. The highest BCUT2D eigenvalue weighted by Gasteiger charge is 2.19. The molecule has 2 aromatic rings. The van der Waals surface area contributed by atoms with Crippen LogP contribution in [-0.4, -0.2) is 43.0 Å². The minimum atomic E-state index is -0.00647. The zero-order valence-electron chi connectivity index (χ0n) is 14.4. The molecule has 5 nitrogen and oxygen atoms in total. The van der Waals surface area contributed by atoms with E-state index in [1.165, 1.54) is 0 Å². The summed E-state index contributed by atoms with van der Waals surface area (Å²) in [5.41, 5.74) is 3.65. The summed E-state index contributed by atoms with van der Waals surface area (Å²) in [6.07, 6.45) is 1.78. The number of pyridine rings is 1. The number of alkyl halides is 1. The third-order valence-electron chi connectivity index (χ3n) is 4.28. The van der Waals surface area contributed by atoms with E-state index in [0.717, 1.165) is 65.9 Å². The van der Waals surface area contributed by atoms with E-state index in [-0.39, 0.29) is 30.4 Å². The topological polar surface area (TPSA) is 57.4 Å². The molecule has 0 atom stereocenters. The first-order chi connectivity index (χ1) is 11.1. The summed E-state index contributed by atoms with van der Waals surface area (Å²) >= 11 is 5.79. The second-order valence-corrected chi connectivity index (χ2v) is 6.36. The highest BCUT2D eigenvalue weighted by molar-refractivity contribution is 6.18. The summed E-state index contributed by atoms with van der Waals surface area (Å²) in [7, 11) is 3.69. The zero-order chi connectivity index (χ0) is 16.4. The van der Waals surface area contributed by atoms with Crippen LogP contribution >= 0.6 is 36.4 Å². The van der Waals surface area contributed by atoms with E-state index in [0.29, 0.717) is 5.88 Å². The van der Waals surface area contributed by atoms with Gasteiger partial charge in [-0.05, 0) is 37.6 Å². The molecule has 1 aliphatic heterocycles. The molecule has 8 heteroatoms. The summed E-state index contributed by atoms with van der Waals surface area (Å²) in [6, 6.07) is 4.07. The number of halogens is 3. The quantitative estimate of drug-likeness (QED) is 0.744. The minimum absolute atomic E-state index is 0. The average molecular weight is 409 g/mol. The fourth-order valence-corrected chi connectivity index (χ4v) is 3.48. The van der Waals surface area contributed by atoms with E-state index in [1.54, 1.807) is 7.11 Å². The molecule has 0 amide bonds. The van der Waals surface area contributed by atoms with Crippen LogP contribution in [0, 0.1) is 0 Å². The molecule has 140 valence electrons. The smallest absolute Gasteiger partial charge is 0.253 e. The molecular weight excluding hydrogens is 385 g/mol. The van der Waals surface area contributed by atoms with Crippen molar-refractivity contribution < 1.29 is 4.74 Å². The molecule has 3 rings (SSSR count). The standard InChI is InChI=1S/C17H22ClN3O2.2ClH/c1-21(7-5-18)10-11-8-13-15(14(9-11)23-2)16-12(17(22)20-13)4-3-6-19-16;;/h8-9,19H,3-7,10H2,1-2H3,(H,20,22);2*1H. The average Bonchev–Trinajstić information content (AvgIpc) is 2.54. The number of hydrogen-bond donors (Lipinski definition) is 2. The van der Waals surface area contributed by atoms with Gasteiger partial charge in [-0.2, -0.15) is 0 Å². The van der Waals surface area contributed by atoms with E-state index in [9.17, 15) is 4.79 Å². The van der Waals surface area contributed by atoms with Crippen LogP contribution < -0.4 is 15.6 Å². The first-order valence-corrected chi connectivity index (χ1v) is 8.41. The van der Waals surface area contributed by atoms with Gasteiger partial charge in [0.25, 0.3) is 5.56 Å². The fourth-order valence-electron chi connectivity index (χ4n) is 3.19. The second kappa shape index (κ2) is 9.53. The maximum absolute atomic E-state index is 12.3. The monoisotopic (exact) mass is 407 g/mol. The highest BCUT2D eigenvalue weighted by atomic mass is 35.5. The van der Waals surface area contributed by atoms with Crippen molar-refractivity contribution in [3.8, 4) is 5.75 Å². The normalized spacial score (nSPS) is 12.8. The van der Waals surface area contributed by atoms with Crippen LogP contribution in [0.15, 0.2) is 16.9 Å². The van der Waals surface area contributed by atoms with E-state index in [4.69, 9.17) is 16.3 Å². The molecule has 25 heavy (non-hydrogen) atoms. The Morgan fingerprint density at radius 1 is 1.32 bits per heavy atom. The van der Waals surface area contributed by atoms with Gasteiger partial charge in [-0.1, -0.05) is 0 Å². The van der Waals surface area contributed by atoms with Gasteiger partial charge in [0.2, 0.25) is 0 Å². The van der Waals surface area contributed by atoms with Crippen molar-refractivity contribution in [3.63, 3.8) is 0 Å². The number of anilines is 1. The number of aromatic nitrogens is 1. The van der Waals surface area contributed by atoms with Crippen molar-refractivity contribution in [1.29, 1.82) is 0 Å².